The van der Waals surface area contributed by atoms with Crippen molar-refractivity contribution in [3.63, 3.8) is 0 Å². The van der Waals surface area contributed by atoms with E-state index in [0.717, 1.165) is 5.56 Å². The highest BCUT2D eigenvalue weighted by atomic mass is 16.2. The highest BCUT2D eigenvalue weighted by Crippen LogP contribution is 2.13. The molecule has 1 heterocycles. The standard InChI is InChI=1S/C24H19N5O2/c30-21(18-12-6-2-7-13-18)27-23-25-20(16-17-10-4-1-5-11-17)26-24(29-23)28-22(31)19-14-8-3-9-15-19/h1-15H,16H2,(H2,25,26,27,28,29,30,31). The van der Waals surface area contributed by atoms with Gasteiger partial charge >= 0.3 is 0 Å². The number of nitrogens with one attached hydrogen (secondary N) is 2. The van der Waals surface area contributed by atoms with E-state index < -0.39 is 0 Å². The van der Waals surface area contributed by atoms with Gasteiger partial charge in [-0.15, -0.1) is 0 Å². The largest absolute Gasteiger partial charge is 0.290 e. The Bertz CT molecular complexity index is 1110. The summed E-state index contributed by atoms with van der Waals surface area (Å²) in [5, 5.41) is 5.37. The molecule has 1 aromatic heterocycles. The van der Waals surface area contributed by atoms with Crippen LogP contribution in [0.3, 0.4) is 0 Å². The summed E-state index contributed by atoms with van der Waals surface area (Å²) < 4.78 is 0. The number of amides is 2. The maximum absolute atomic E-state index is 12.5. The van der Waals surface area contributed by atoms with Crippen molar-refractivity contribution >= 4 is 23.7 Å². The maximum Gasteiger partial charge on any atom is 0.258 e. The molecule has 0 fully saturated rings. The lowest BCUT2D eigenvalue weighted by molar-refractivity contribution is 0.101. The van der Waals surface area contributed by atoms with Gasteiger partial charge in [-0.3, -0.25) is 20.2 Å². The van der Waals surface area contributed by atoms with Gasteiger partial charge in [-0.25, -0.2) is 0 Å². The minimum atomic E-state index is -0.349. The lowest BCUT2D eigenvalue weighted by Gasteiger charge is -2.10. The predicted molar refractivity (Wildman–Crippen MR) is 118 cm³/mol. The van der Waals surface area contributed by atoms with Crippen LogP contribution in [0.1, 0.15) is 32.1 Å². The van der Waals surface area contributed by atoms with Crippen molar-refractivity contribution in [2.45, 2.75) is 6.42 Å². The summed E-state index contributed by atoms with van der Waals surface area (Å²) in [6.45, 7) is 0. The van der Waals surface area contributed by atoms with Crippen molar-refractivity contribution in [1.82, 2.24) is 15.0 Å². The first-order valence-corrected chi connectivity index (χ1v) is 9.69. The molecule has 7 heteroatoms. The second-order valence-corrected chi connectivity index (χ2v) is 6.70. The minimum absolute atomic E-state index is 0.0677. The molecule has 4 rings (SSSR count). The number of nitrogens with zero attached hydrogens (tertiary/aromatic N) is 3. The van der Waals surface area contributed by atoms with Crippen molar-refractivity contribution in [1.29, 1.82) is 0 Å². The van der Waals surface area contributed by atoms with Crippen LogP contribution < -0.4 is 10.6 Å². The van der Waals surface area contributed by atoms with Crippen LogP contribution in [-0.2, 0) is 6.42 Å². The highest BCUT2D eigenvalue weighted by molar-refractivity contribution is 6.04. The second-order valence-electron chi connectivity index (χ2n) is 6.70. The molecule has 0 atom stereocenters. The molecular weight excluding hydrogens is 390 g/mol. The number of hydrogen-bond acceptors (Lipinski definition) is 5. The summed E-state index contributed by atoms with van der Waals surface area (Å²) in [6.07, 6.45) is 0.422. The third-order valence-corrected chi connectivity index (χ3v) is 4.41. The monoisotopic (exact) mass is 409 g/mol. The lowest BCUT2D eigenvalue weighted by atomic mass is 10.1. The summed E-state index contributed by atoms with van der Waals surface area (Å²) >= 11 is 0. The number of carbonyl (C=O) groups excluding carboxylic acids is 2. The molecule has 0 aliphatic carbocycles. The first-order chi connectivity index (χ1) is 15.2. The molecule has 0 saturated heterocycles. The predicted octanol–water partition coefficient (Wildman–Crippen LogP) is 3.97. The van der Waals surface area contributed by atoms with Gasteiger partial charge in [0.05, 0.1) is 0 Å². The molecule has 0 aliphatic rings. The van der Waals surface area contributed by atoms with Gasteiger partial charge in [0.2, 0.25) is 11.9 Å². The van der Waals surface area contributed by atoms with E-state index >= 15 is 0 Å². The zero-order valence-corrected chi connectivity index (χ0v) is 16.5. The molecule has 152 valence electrons. The summed E-state index contributed by atoms with van der Waals surface area (Å²) in [6, 6.07) is 27.2. The highest BCUT2D eigenvalue weighted by Gasteiger charge is 2.14. The number of hydrogen-bond donors (Lipinski definition) is 2. The molecule has 7 nitrogen and oxygen atoms in total. The third kappa shape index (κ3) is 5.36. The first-order valence-electron chi connectivity index (χ1n) is 9.69. The van der Waals surface area contributed by atoms with Crippen molar-refractivity contribution in [2.75, 3.05) is 10.6 Å². The maximum atomic E-state index is 12.5. The van der Waals surface area contributed by atoms with E-state index in [0.29, 0.717) is 23.4 Å². The molecule has 0 aliphatic heterocycles. The van der Waals surface area contributed by atoms with Gasteiger partial charge < -0.3 is 0 Å². The summed E-state index contributed by atoms with van der Waals surface area (Å²) in [5.41, 5.74) is 1.94. The molecule has 0 unspecified atom stereocenters. The van der Waals surface area contributed by atoms with Crippen LogP contribution in [-0.4, -0.2) is 26.8 Å². The molecule has 0 bridgehead atoms. The zero-order chi connectivity index (χ0) is 21.5. The molecule has 0 spiro atoms. The van der Waals surface area contributed by atoms with E-state index in [1.165, 1.54) is 0 Å². The van der Waals surface area contributed by atoms with E-state index in [2.05, 4.69) is 25.6 Å². The smallest absolute Gasteiger partial charge is 0.258 e. The topological polar surface area (TPSA) is 96.9 Å². The lowest BCUT2D eigenvalue weighted by Crippen LogP contribution is -2.19. The van der Waals surface area contributed by atoms with E-state index in [1.54, 1.807) is 48.5 Å². The van der Waals surface area contributed by atoms with Crippen LogP contribution in [0.15, 0.2) is 91.0 Å². The number of carbonyl (C=O) groups is 2. The van der Waals surface area contributed by atoms with Crippen LogP contribution in [0.4, 0.5) is 11.9 Å². The molecule has 0 saturated carbocycles. The fourth-order valence-corrected chi connectivity index (χ4v) is 2.92. The van der Waals surface area contributed by atoms with Gasteiger partial charge in [0, 0.05) is 17.5 Å². The Balaban J connectivity index is 1.61. The summed E-state index contributed by atoms with van der Waals surface area (Å²) in [5.74, 6) is -0.139. The normalized spacial score (nSPS) is 10.3. The average molecular weight is 409 g/mol. The molecule has 31 heavy (non-hydrogen) atoms. The van der Waals surface area contributed by atoms with Crippen molar-refractivity contribution in [3.05, 3.63) is 114 Å². The summed E-state index contributed by atoms with van der Waals surface area (Å²) in [4.78, 5) is 38.0. The van der Waals surface area contributed by atoms with E-state index in [4.69, 9.17) is 0 Å². The Labute approximate surface area is 179 Å². The van der Waals surface area contributed by atoms with Crippen molar-refractivity contribution in [3.8, 4) is 0 Å². The molecule has 4 aromatic rings. The first kappa shape index (κ1) is 19.9. The van der Waals surface area contributed by atoms with Gasteiger partial charge in [-0.05, 0) is 29.8 Å². The fraction of sp³-hybridized carbons (Fsp3) is 0.0417. The van der Waals surface area contributed by atoms with E-state index in [1.807, 2.05) is 42.5 Å². The number of benzene rings is 3. The van der Waals surface area contributed by atoms with Crippen molar-refractivity contribution in [2.24, 2.45) is 0 Å². The van der Waals surface area contributed by atoms with Crippen molar-refractivity contribution < 1.29 is 9.59 Å². The summed E-state index contributed by atoms with van der Waals surface area (Å²) in [7, 11) is 0. The van der Waals surface area contributed by atoms with Gasteiger partial charge in [-0.1, -0.05) is 66.7 Å². The number of aromatic nitrogens is 3. The Morgan fingerprint density at radius 1 is 0.581 bits per heavy atom. The fourth-order valence-electron chi connectivity index (χ4n) is 2.92. The molecule has 2 N–H and O–H groups in total. The SMILES string of the molecule is O=C(Nc1nc(Cc2ccccc2)nc(NC(=O)c2ccccc2)n1)c1ccccc1. The zero-order valence-electron chi connectivity index (χ0n) is 16.5. The van der Waals surface area contributed by atoms with Crippen LogP contribution in [0, 0.1) is 0 Å². The molecule has 0 radical (unpaired) electrons. The van der Waals surface area contributed by atoms with Gasteiger partial charge in [0.25, 0.3) is 11.8 Å². The second kappa shape index (κ2) is 9.41. The average Bonchev–Trinajstić information content (AvgIpc) is 2.81. The molecule has 3 aromatic carbocycles. The van der Waals surface area contributed by atoms with Gasteiger partial charge in [0.1, 0.15) is 5.82 Å². The Morgan fingerprint density at radius 2 is 1.00 bits per heavy atom. The third-order valence-electron chi connectivity index (χ3n) is 4.41. The van der Waals surface area contributed by atoms with Crippen LogP contribution in [0.5, 0.6) is 0 Å². The van der Waals surface area contributed by atoms with Crippen LogP contribution in [0.25, 0.3) is 0 Å². The Hall–Kier alpha value is -4.39. The molecular formula is C24H19N5O2. The number of anilines is 2. The van der Waals surface area contributed by atoms with E-state index in [9.17, 15) is 9.59 Å². The van der Waals surface area contributed by atoms with E-state index in [-0.39, 0.29) is 23.7 Å². The Morgan fingerprint density at radius 3 is 1.45 bits per heavy atom. The minimum Gasteiger partial charge on any atom is -0.290 e. The van der Waals surface area contributed by atoms with Crippen LogP contribution in [0.2, 0.25) is 0 Å². The quantitative estimate of drug-likeness (QED) is 0.502. The number of rotatable bonds is 6. The van der Waals surface area contributed by atoms with Crippen LogP contribution >= 0.6 is 0 Å². The van der Waals surface area contributed by atoms with Gasteiger partial charge in [-0.2, -0.15) is 15.0 Å². The Kier molecular flexibility index (Phi) is 6.04. The molecule has 2 amide bonds. The van der Waals surface area contributed by atoms with Gasteiger partial charge in [0.15, 0.2) is 0 Å².